The normalized spacial score (nSPS) is 15.2. The third kappa shape index (κ3) is 4.53. The smallest absolute Gasteiger partial charge is 0.247 e. The molecule has 0 heterocycles. The van der Waals surface area contributed by atoms with E-state index in [0.717, 1.165) is 24.2 Å². The maximum absolute atomic E-state index is 12.7. The molecule has 1 saturated carbocycles. The summed E-state index contributed by atoms with van der Waals surface area (Å²) in [5.74, 6) is 1.49. The maximum atomic E-state index is 12.7. The molecule has 0 spiro atoms. The summed E-state index contributed by atoms with van der Waals surface area (Å²) in [7, 11) is 1.62. The van der Waals surface area contributed by atoms with Crippen molar-refractivity contribution in [2.45, 2.75) is 58.5 Å². The van der Waals surface area contributed by atoms with Gasteiger partial charge in [0.25, 0.3) is 0 Å². The van der Waals surface area contributed by atoms with E-state index in [1.54, 1.807) is 13.2 Å². The number of carbonyl (C=O) groups is 1. The van der Waals surface area contributed by atoms with Crippen molar-refractivity contribution >= 4 is 12.0 Å². The van der Waals surface area contributed by atoms with Crippen LogP contribution in [0.15, 0.2) is 24.3 Å². The van der Waals surface area contributed by atoms with Gasteiger partial charge in [-0.25, -0.2) is 0 Å². The lowest BCUT2D eigenvalue weighted by molar-refractivity contribution is -0.130. The Balaban J connectivity index is 2.12. The first kappa shape index (κ1) is 18.4. The Kier molecular flexibility index (Phi) is 6.71. The monoisotopic (exact) mass is 331 g/mol. The van der Waals surface area contributed by atoms with Gasteiger partial charge in [-0.05, 0) is 57.4 Å². The lowest BCUT2D eigenvalue weighted by Gasteiger charge is -2.31. The molecular formula is C20H29NO3. The summed E-state index contributed by atoms with van der Waals surface area (Å²) in [5, 5.41) is 0. The number of benzene rings is 1. The summed E-state index contributed by atoms with van der Waals surface area (Å²) in [6.07, 6.45) is 8.21. The summed E-state index contributed by atoms with van der Waals surface area (Å²) < 4.78 is 10.9. The lowest BCUT2D eigenvalue weighted by Crippen LogP contribution is -2.42. The highest BCUT2D eigenvalue weighted by atomic mass is 16.5. The molecule has 0 radical (unpaired) electrons. The number of amides is 1. The zero-order valence-electron chi connectivity index (χ0n) is 15.2. The average Bonchev–Trinajstić information content (AvgIpc) is 3.07. The van der Waals surface area contributed by atoms with E-state index in [1.807, 2.05) is 36.1 Å². The molecule has 0 aromatic heterocycles. The van der Waals surface area contributed by atoms with Gasteiger partial charge >= 0.3 is 0 Å². The van der Waals surface area contributed by atoms with E-state index < -0.39 is 0 Å². The second-order valence-electron chi connectivity index (χ2n) is 6.45. The second kappa shape index (κ2) is 8.76. The first-order chi connectivity index (χ1) is 11.6. The van der Waals surface area contributed by atoms with E-state index in [0.29, 0.717) is 18.4 Å². The molecule has 1 aliphatic carbocycles. The summed E-state index contributed by atoms with van der Waals surface area (Å²) in [6, 6.07) is 6.32. The zero-order chi connectivity index (χ0) is 17.5. The van der Waals surface area contributed by atoms with Crippen LogP contribution in [0, 0.1) is 0 Å². The molecule has 0 aliphatic heterocycles. The molecule has 1 aliphatic rings. The van der Waals surface area contributed by atoms with E-state index in [4.69, 9.17) is 9.47 Å². The van der Waals surface area contributed by atoms with Crippen LogP contribution in [0.3, 0.4) is 0 Å². The molecule has 4 nitrogen and oxygen atoms in total. The lowest BCUT2D eigenvalue weighted by atomic mass is 10.1. The Labute approximate surface area is 145 Å². The fourth-order valence-corrected chi connectivity index (χ4v) is 3.35. The van der Waals surface area contributed by atoms with Crippen molar-refractivity contribution in [1.29, 1.82) is 0 Å². The van der Waals surface area contributed by atoms with Crippen molar-refractivity contribution in [3.05, 3.63) is 29.8 Å². The largest absolute Gasteiger partial charge is 0.493 e. The van der Waals surface area contributed by atoms with Crippen LogP contribution in [0.5, 0.6) is 11.5 Å². The Morgan fingerprint density at radius 3 is 2.58 bits per heavy atom. The van der Waals surface area contributed by atoms with Crippen molar-refractivity contribution in [3.63, 3.8) is 0 Å². The number of hydrogen-bond donors (Lipinski definition) is 0. The summed E-state index contributed by atoms with van der Waals surface area (Å²) in [5.41, 5.74) is 0.929. The number of ether oxygens (including phenoxy) is 2. The van der Waals surface area contributed by atoms with Crippen molar-refractivity contribution < 1.29 is 14.3 Å². The molecule has 0 N–H and O–H groups in total. The molecular weight excluding hydrogens is 302 g/mol. The van der Waals surface area contributed by atoms with Gasteiger partial charge in [0.1, 0.15) is 0 Å². The molecule has 1 amide bonds. The summed E-state index contributed by atoms with van der Waals surface area (Å²) >= 11 is 0. The van der Waals surface area contributed by atoms with Crippen LogP contribution < -0.4 is 9.47 Å². The van der Waals surface area contributed by atoms with Gasteiger partial charge in [-0.1, -0.05) is 18.9 Å². The first-order valence-electron chi connectivity index (χ1n) is 8.88. The van der Waals surface area contributed by atoms with Gasteiger partial charge in [-0.2, -0.15) is 0 Å². The number of nitrogens with zero attached hydrogens (tertiary/aromatic N) is 1. The molecule has 1 fully saturated rings. The number of methoxy groups -OCH3 is 1. The van der Waals surface area contributed by atoms with Gasteiger partial charge in [0, 0.05) is 18.2 Å². The van der Waals surface area contributed by atoms with Crippen molar-refractivity contribution in [2.75, 3.05) is 13.7 Å². The van der Waals surface area contributed by atoms with Crippen LogP contribution in [-0.4, -0.2) is 36.6 Å². The minimum Gasteiger partial charge on any atom is -0.493 e. The van der Waals surface area contributed by atoms with Crippen LogP contribution in [0.25, 0.3) is 6.08 Å². The van der Waals surface area contributed by atoms with Gasteiger partial charge in [0.2, 0.25) is 5.91 Å². The van der Waals surface area contributed by atoms with Crippen LogP contribution in [-0.2, 0) is 4.79 Å². The van der Waals surface area contributed by atoms with Crippen molar-refractivity contribution in [3.8, 4) is 11.5 Å². The molecule has 1 aromatic rings. The SMILES string of the molecule is CCOc1ccc(/C=C/C(=O)N(C(C)C)C2CCCC2)cc1OC. The number of rotatable bonds is 7. The van der Waals surface area contributed by atoms with Crippen LogP contribution >= 0.6 is 0 Å². The molecule has 1 aromatic carbocycles. The van der Waals surface area contributed by atoms with Crippen molar-refractivity contribution in [1.82, 2.24) is 4.90 Å². The summed E-state index contributed by atoms with van der Waals surface area (Å²) in [6.45, 7) is 6.71. The number of hydrogen-bond acceptors (Lipinski definition) is 3. The topological polar surface area (TPSA) is 38.8 Å². The zero-order valence-corrected chi connectivity index (χ0v) is 15.2. The van der Waals surface area contributed by atoms with Crippen LogP contribution in [0.4, 0.5) is 0 Å². The number of carbonyl (C=O) groups excluding carboxylic acids is 1. The maximum Gasteiger partial charge on any atom is 0.247 e. The third-order valence-corrected chi connectivity index (χ3v) is 4.43. The Bertz CT molecular complexity index is 574. The molecule has 4 heteroatoms. The van der Waals surface area contributed by atoms with Gasteiger partial charge in [0.15, 0.2) is 11.5 Å². The van der Waals surface area contributed by atoms with Gasteiger partial charge in [0.05, 0.1) is 13.7 Å². The van der Waals surface area contributed by atoms with Crippen molar-refractivity contribution in [2.24, 2.45) is 0 Å². The van der Waals surface area contributed by atoms with E-state index in [2.05, 4.69) is 13.8 Å². The van der Waals surface area contributed by atoms with E-state index in [9.17, 15) is 4.79 Å². The molecule has 0 saturated heterocycles. The van der Waals surface area contributed by atoms with E-state index in [-0.39, 0.29) is 11.9 Å². The fourth-order valence-electron chi connectivity index (χ4n) is 3.35. The highest BCUT2D eigenvalue weighted by Crippen LogP contribution is 2.29. The minimum atomic E-state index is 0.0877. The van der Waals surface area contributed by atoms with Crippen LogP contribution in [0.1, 0.15) is 52.0 Å². The predicted octanol–water partition coefficient (Wildman–Crippen LogP) is 4.29. The second-order valence-corrected chi connectivity index (χ2v) is 6.45. The Morgan fingerprint density at radius 1 is 1.29 bits per heavy atom. The van der Waals surface area contributed by atoms with E-state index >= 15 is 0 Å². The average molecular weight is 331 g/mol. The molecule has 2 rings (SSSR count). The standard InChI is InChI=1S/C20H29NO3/c1-5-24-18-12-10-16(14-19(18)23-4)11-13-20(22)21(15(2)3)17-8-6-7-9-17/h10-15,17H,5-9H2,1-4H3/b13-11+. The molecule has 0 unspecified atom stereocenters. The summed E-state index contributed by atoms with van der Waals surface area (Å²) in [4.78, 5) is 14.7. The molecule has 132 valence electrons. The minimum absolute atomic E-state index is 0.0877. The van der Waals surface area contributed by atoms with Gasteiger partial charge < -0.3 is 14.4 Å². The highest BCUT2D eigenvalue weighted by Gasteiger charge is 2.27. The Hall–Kier alpha value is -1.97. The quantitative estimate of drug-likeness (QED) is 0.700. The molecule has 0 bridgehead atoms. The molecule has 0 atom stereocenters. The highest BCUT2D eigenvalue weighted by molar-refractivity contribution is 5.92. The third-order valence-electron chi connectivity index (χ3n) is 4.43. The predicted molar refractivity (Wildman–Crippen MR) is 97.4 cm³/mol. The van der Waals surface area contributed by atoms with E-state index in [1.165, 1.54) is 12.8 Å². The van der Waals surface area contributed by atoms with Gasteiger partial charge in [-0.3, -0.25) is 4.79 Å². The Morgan fingerprint density at radius 2 is 2.00 bits per heavy atom. The molecule has 24 heavy (non-hydrogen) atoms. The first-order valence-corrected chi connectivity index (χ1v) is 8.88. The fraction of sp³-hybridized carbons (Fsp3) is 0.550. The van der Waals surface area contributed by atoms with Gasteiger partial charge in [-0.15, -0.1) is 0 Å². The van der Waals surface area contributed by atoms with Crippen LogP contribution in [0.2, 0.25) is 0 Å².